The van der Waals surface area contributed by atoms with Gasteiger partial charge in [-0.2, -0.15) is 0 Å². The van der Waals surface area contributed by atoms with E-state index in [1.807, 2.05) is 12.1 Å². The summed E-state index contributed by atoms with van der Waals surface area (Å²) < 4.78 is 11.6. The van der Waals surface area contributed by atoms with E-state index in [4.69, 9.17) is 9.47 Å². The monoisotopic (exact) mass is 416 g/mol. The fraction of sp³-hybridized carbons (Fsp3) is 0.760. The summed E-state index contributed by atoms with van der Waals surface area (Å²) in [4.78, 5) is 4.79. The molecule has 1 heterocycles. The van der Waals surface area contributed by atoms with E-state index >= 15 is 0 Å². The van der Waals surface area contributed by atoms with Crippen LogP contribution in [0.4, 0.5) is 5.69 Å². The van der Waals surface area contributed by atoms with Crippen LogP contribution in [-0.2, 0) is 4.74 Å². The molecule has 0 unspecified atom stereocenters. The van der Waals surface area contributed by atoms with Gasteiger partial charge in [0.15, 0.2) is 0 Å². The zero-order valence-corrected chi connectivity index (χ0v) is 19.3. The van der Waals surface area contributed by atoms with Gasteiger partial charge in [0.05, 0.1) is 19.3 Å². The van der Waals surface area contributed by atoms with Gasteiger partial charge >= 0.3 is 0 Å². The molecule has 168 valence electrons. The second kappa shape index (κ2) is 8.68. The van der Waals surface area contributed by atoms with E-state index in [-0.39, 0.29) is 6.10 Å². The third-order valence-corrected chi connectivity index (χ3v) is 8.76. The van der Waals surface area contributed by atoms with Gasteiger partial charge in [-0.15, -0.1) is 0 Å². The molecule has 1 aliphatic heterocycles. The number of aliphatic hydroxyl groups is 1. The molecule has 30 heavy (non-hydrogen) atoms. The molecule has 2 aliphatic carbocycles. The lowest BCUT2D eigenvalue weighted by Gasteiger charge is -2.39. The fourth-order valence-corrected chi connectivity index (χ4v) is 6.10. The maximum absolute atomic E-state index is 10.6. The minimum Gasteiger partial charge on any atom is -0.497 e. The van der Waals surface area contributed by atoms with Crippen molar-refractivity contribution in [2.75, 3.05) is 51.3 Å². The van der Waals surface area contributed by atoms with Gasteiger partial charge in [-0.3, -0.25) is 4.90 Å². The molecule has 2 saturated carbocycles. The summed E-state index contributed by atoms with van der Waals surface area (Å²) in [5.74, 6) is 1.70. The van der Waals surface area contributed by atoms with Crippen LogP contribution in [0, 0.1) is 16.7 Å². The van der Waals surface area contributed by atoms with Crippen molar-refractivity contribution in [3.63, 3.8) is 0 Å². The average molecular weight is 417 g/mol. The first-order chi connectivity index (χ1) is 14.3. The minimum atomic E-state index is -0.308. The van der Waals surface area contributed by atoms with Gasteiger partial charge in [-0.05, 0) is 66.7 Å². The van der Waals surface area contributed by atoms with Crippen LogP contribution in [0.5, 0.6) is 5.75 Å². The number of fused-ring (bicyclic) bond motifs is 2. The zero-order valence-electron chi connectivity index (χ0n) is 19.3. The SMILES string of the molecule is COc1ccc(N2CCN(C[C@@H](O)CCO[C@@H]3C[C@H]4CC[C@@]3(C)C4(C)C)CC2)cc1. The Labute approximate surface area is 182 Å². The number of β-amino-alcohol motifs (C(OH)–C–C–N with tert-alkyl or cyclic N) is 1. The second-order valence-corrected chi connectivity index (χ2v) is 10.4. The number of rotatable bonds is 8. The molecule has 1 aromatic carbocycles. The van der Waals surface area contributed by atoms with Gasteiger partial charge in [0.2, 0.25) is 0 Å². The number of aliphatic hydroxyl groups excluding tert-OH is 1. The summed E-state index contributed by atoms with van der Waals surface area (Å²) in [6.07, 6.45) is 4.64. The predicted octanol–water partition coefficient (Wildman–Crippen LogP) is 3.80. The summed E-state index contributed by atoms with van der Waals surface area (Å²) in [5.41, 5.74) is 1.94. The molecule has 1 N–H and O–H groups in total. The highest BCUT2D eigenvalue weighted by Gasteiger charge is 2.61. The maximum atomic E-state index is 10.6. The molecule has 5 heteroatoms. The largest absolute Gasteiger partial charge is 0.497 e. The van der Waals surface area contributed by atoms with E-state index in [1.165, 1.54) is 24.9 Å². The molecule has 0 radical (unpaired) electrons. The van der Waals surface area contributed by atoms with Gasteiger partial charge < -0.3 is 19.5 Å². The Bertz CT molecular complexity index is 699. The van der Waals surface area contributed by atoms with E-state index in [0.29, 0.717) is 23.5 Å². The lowest BCUT2D eigenvalue weighted by atomic mass is 9.70. The van der Waals surface area contributed by atoms with Crippen molar-refractivity contribution in [3.8, 4) is 5.75 Å². The highest BCUT2D eigenvalue weighted by atomic mass is 16.5. The number of methoxy groups -OCH3 is 1. The van der Waals surface area contributed by atoms with Crippen molar-refractivity contribution in [2.24, 2.45) is 16.7 Å². The van der Waals surface area contributed by atoms with E-state index in [2.05, 4.69) is 42.7 Å². The van der Waals surface area contributed by atoms with E-state index in [0.717, 1.165) is 50.8 Å². The number of anilines is 1. The molecule has 1 saturated heterocycles. The molecular formula is C25H40N2O3. The second-order valence-electron chi connectivity index (χ2n) is 10.4. The van der Waals surface area contributed by atoms with Crippen LogP contribution in [-0.4, -0.2) is 68.7 Å². The van der Waals surface area contributed by atoms with Crippen LogP contribution in [0.15, 0.2) is 24.3 Å². The predicted molar refractivity (Wildman–Crippen MR) is 121 cm³/mol. The molecular weight excluding hydrogens is 376 g/mol. The van der Waals surface area contributed by atoms with Crippen molar-refractivity contribution in [1.29, 1.82) is 0 Å². The van der Waals surface area contributed by atoms with Gasteiger partial charge in [-0.1, -0.05) is 20.8 Å². The minimum absolute atomic E-state index is 0.306. The smallest absolute Gasteiger partial charge is 0.119 e. The molecule has 3 fully saturated rings. The Morgan fingerprint density at radius 1 is 1.10 bits per heavy atom. The highest BCUT2D eigenvalue weighted by molar-refractivity contribution is 5.49. The normalized spacial score (nSPS) is 31.8. The number of hydrogen-bond donors (Lipinski definition) is 1. The highest BCUT2D eigenvalue weighted by Crippen LogP contribution is 2.66. The average Bonchev–Trinajstić information content (AvgIpc) is 3.08. The number of benzene rings is 1. The Balaban J connectivity index is 1.16. The summed E-state index contributed by atoms with van der Waals surface area (Å²) in [6.45, 7) is 12.7. The van der Waals surface area contributed by atoms with Crippen LogP contribution < -0.4 is 9.64 Å². The van der Waals surface area contributed by atoms with Gasteiger partial charge in [-0.25, -0.2) is 0 Å². The Morgan fingerprint density at radius 2 is 1.80 bits per heavy atom. The number of nitrogens with zero attached hydrogens (tertiary/aromatic N) is 2. The quantitative estimate of drug-likeness (QED) is 0.698. The number of piperazine rings is 1. The molecule has 4 rings (SSSR count). The lowest BCUT2D eigenvalue weighted by molar-refractivity contribution is -0.0564. The third kappa shape index (κ3) is 4.09. The third-order valence-electron chi connectivity index (χ3n) is 8.76. The summed E-state index contributed by atoms with van der Waals surface area (Å²) >= 11 is 0. The number of hydrogen-bond acceptors (Lipinski definition) is 5. The standard InChI is InChI=1S/C25H40N2O3/c1-24(2)19-9-11-25(24,3)23(17-19)30-16-10-21(28)18-26-12-14-27(15-13-26)20-5-7-22(29-4)8-6-20/h5-8,19,21,23,28H,9-18H2,1-4H3/t19-,21+,23-,25-/m1/s1. The van der Waals surface area contributed by atoms with Crippen molar-refractivity contribution in [3.05, 3.63) is 24.3 Å². The van der Waals surface area contributed by atoms with Gasteiger partial charge in [0.25, 0.3) is 0 Å². The first-order valence-corrected chi connectivity index (χ1v) is 11.7. The van der Waals surface area contributed by atoms with E-state index < -0.39 is 0 Å². The van der Waals surface area contributed by atoms with Gasteiger partial charge in [0.1, 0.15) is 5.75 Å². The Hall–Kier alpha value is -1.30. The van der Waals surface area contributed by atoms with Crippen molar-refractivity contribution in [1.82, 2.24) is 4.90 Å². The molecule has 1 aromatic rings. The molecule has 3 aliphatic rings. The summed E-state index contributed by atoms with van der Waals surface area (Å²) in [6, 6.07) is 8.28. The summed E-state index contributed by atoms with van der Waals surface area (Å²) in [5, 5.41) is 10.6. The molecule has 5 nitrogen and oxygen atoms in total. The Morgan fingerprint density at radius 3 is 2.37 bits per heavy atom. The molecule has 4 atom stereocenters. The maximum Gasteiger partial charge on any atom is 0.119 e. The fourth-order valence-electron chi connectivity index (χ4n) is 6.10. The number of ether oxygens (including phenoxy) is 2. The van der Waals surface area contributed by atoms with E-state index in [9.17, 15) is 5.11 Å². The van der Waals surface area contributed by atoms with Crippen LogP contribution in [0.2, 0.25) is 0 Å². The summed E-state index contributed by atoms with van der Waals surface area (Å²) in [7, 11) is 1.70. The molecule has 0 amide bonds. The van der Waals surface area contributed by atoms with E-state index in [1.54, 1.807) is 7.11 Å². The van der Waals surface area contributed by atoms with Crippen LogP contribution in [0.1, 0.15) is 46.5 Å². The van der Waals surface area contributed by atoms with Crippen LogP contribution >= 0.6 is 0 Å². The van der Waals surface area contributed by atoms with Crippen LogP contribution in [0.3, 0.4) is 0 Å². The first-order valence-electron chi connectivity index (χ1n) is 11.7. The molecule has 0 spiro atoms. The topological polar surface area (TPSA) is 45.2 Å². The lowest BCUT2D eigenvalue weighted by Crippen LogP contribution is -2.48. The van der Waals surface area contributed by atoms with Crippen molar-refractivity contribution < 1.29 is 14.6 Å². The molecule has 0 aromatic heterocycles. The van der Waals surface area contributed by atoms with Gasteiger partial charge in [0, 0.05) is 45.0 Å². The zero-order chi connectivity index (χ0) is 21.4. The van der Waals surface area contributed by atoms with Crippen molar-refractivity contribution >= 4 is 5.69 Å². The molecule has 2 bridgehead atoms. The Kier molecular flexibility index (Phi) is 6.34. The van der Waals surface area contributed by atoms with Crippen LogP contribution in [0.25, 0.3) is 0 Å². The first kappa shape index (κ1) is 21.9. The van der Waals surface area contributed by atoms with Crippen molar-refractivity contribution in [2.45, 2.75) is 58.7 Å².